The van der Waals surface area contributed by atoms with Crippen molar-refractivity contribution < 1.29 is 28.6 Å². The second-order valence-electron chi connectivity index (χ2n) is 13.5. The number of rotatable bonds is 4. The zero-order chi connectivity index (χ0) is 30.9. The maximum absolute atomic E-state index is 17.5. The number of pyridine rings is 1. The number of aliphatic hydroxyl groups excluding tert-OH is 2. The fraction of sp³-hybridized carbons (Fsp3) is 0.571. The molecule has 230 valence electrons. The molecule has 6 nitrogen and oxygen atoms in total. The van der Waals surface area contributed by atoms with Crippen LogP contribution in [0.4, 0.5) is 8.78 Å². The summed E-state index contributed by atoms with van der Waals surface area (Å²) in [6, 6.07) is 11.9. The lowest BCUT2D eigenvalue weighted by atomic mass is 9.43. The summed E-state index contributed by atoms with van der Waals surface area (Å²) >= 11 is 0. The van der Waals surface area contributed by atoms with E-state index < -0.39 is 46.7 Å². The van der Waals surface area contributed by atoms with E-state index in [2.05, 4.69) is 4.90 Å². The predicted molar refractivity (Wildman–Crippen MR) is 160 cm³/mol. The third-order valence-electron chi connectivity index (χ3n) is 11.9. The standard InChI is InChI=1S/C33H36F2N2O4.C2H6/c1-30-10-9-22(39)12-25(30)26(34)13-24-23-11-20-15-37(16-21-8-7-19-5-3-4-6-27(19)36-21)18-32(20,29(41)17-38)31(23,2)14-28(40)33(24,30)35;1-2/h3-10,12,20,23-24,26,28,38,40H,11,13-18H2,1-2H3;1-2H3/t20-,23-,24-,26-,28-,30-,31-,32+,33-;/m0./s1. The number of Topliss-reactive ketones (excluding diaryl/α,β-unsaturated/α-hetero) is 1. The number of allylic oxidation sites excluding steroid dienone is 4. The van der Waals surface area contributed by atoms with Gasteiger partial charge in [-0.05, 0) is 73.3 Å². The third kappa shape index (κ3) is 3.95. The van der Waals surface area contributed by atoms with Gasteiger partial charge in [-0.25, -0.2) is 8.78 Å². The van der Waals surface area contributed by atoms with Crippen molar-refractivity contribution in [1.29, 1.82) is 0 Å². The number of fused-ring (bicyclic) bond motifs is 8. The highest BCUT2D eigenvalue weighted by atomic mass is 19.1. The Hall–Kier alpha value is -2.81. The van der Waals surface area contributed by atoms with Crippen LogP contribution in [-0.2, 0) is 16.1 Å². The summed E-state index contributed by atoms with van der Waals surface area (Å²) in [5.74, 6) is -2.03. The number of halogens is 2. The van der Waals surface area contributed by atoms with Crippen LogP contribution in [0.3, 0.4) is 0 Å². The van der Waals surface area contributed by atoms with Crippen molar-refractivity contribution in [3.05, 3.63) is 65.9 Å². The average molecular weight is 593 g/mol. The number of hydrogen-bond acceptors (Lipinski definition) is 6. The molecule has 2 N–H and O–H groups in total. The van der Waals surface area contributed by atoms with E-state index in [1.807, 2.05) is 57.2 Å². The number of ketones is 2. The van der Waals surface area contributed by atoms with Crippen LogP contribution in [-0.4, -0.2) is 69.3 Å². The Kier molecular flexibility index (Phi) is 7.30. The first-order chi connectivity index (χ1) is 20.5. The molecule has 1 aliphatic heterocycles. The fourth-order valence-electron chi connectivity index (χ4n) is 10.1. The van der Waals surface area contributed by atoms with Gasteiger partial charge in [0.2, 0.25) is 0 Å². The van der Waals surface area contributed by atoms with Gasteiger partial charge in [0, 0.05) is 36.4 Å². The highest BCUT2D eigenvalue weighted by Crippen LogP contribution is 2.74. The molecule has 3 saturated carbocycles. The minimum Gasteiger partial charge on any atom is -0.390 e. The van der Waals surface area contributed by atoms with Gasteiger partial charge in [0.25, 0.3) is 0 Å². The summed E-state index contributed by atoms with van der Waals surface area (Å²) < 4.78 is 33.3. The zero-order valence-electron chi connectivity index (χ0n) is 25.4. The van der Waals surface area contributed by atoms with Crippen LogP contribution in [0.25, 0.3) is 10.9 Å². The molecule has 5 aliphatic rings. The molecular weight excluding hydrogens is 550 g/mol. The van der Waals surface area contributed by atoms with Crippen molar-refractivity contribution in [2.75, 3.05) is 19.7 Å². The number of benzene rings is 1. The van der Waals surface area contributed by atoms with Gasteiger partial charge in [-0.2, -0.15) is 0 Å². The smallest absolute Gasteiger partial charge is 0.178 e. The Morgan fingerprint density at radius 1 is 1.12 bits per heavy atom. The number of alkyl halides is 2. The minimum absolute atomic E-state index is 0.0244. The second kappa shape index (κ2) is 10.4. The van der Waals surface area contributed by atoms with Gasteiger partial charge in [0.05, 0.1) is 22.7 Å². The Labute approximate surface area is 251 Å². The lowest BCUT2D eigenvalue weighted by molar-refractivity contribution is -0.212. The molecule has 0 amide bonds. The average Bonchev–Trinajstić information content (AvgIpc) is 3.48. The van der Waals surface area contributed by atoms with Crippen LogP contribution in [0, 0.1) is 34.0 Å². The molecule has 9 atom stereocenters. The number of para-hydroxylation sites is 1. The third-order valence-corrected chi connectivity index (χ3v) is 11.9. The van der Waals surface area contributed by atoms with Crippen molar-refractivity contribution in [2.45, 2.75) is 71.4 Å². The summed E-state index contributed by atoms with van der Waals surface area (Å²) in [6.45, 7) is 8.38. The van der Waals surface area contributed by atoms with Crippen molar-refractivity contribution in [2.24, 2.45) is 34.0 Å². The van der Waals surface area contributed by atoms with Gasteiger partial charge in [0.15, 0.2) is 17.2 Å². The maximum atomic E-state index is 17.5. The van der Waals surface area contributed by atoms with Crippen molar-refractivity contribution >= 4 is 22.5 Å². The Morgan fingerprint density at radius 3 is 2.60 bits per heavy atom. The molecule has 0 spiro atoms. The van der Waals surface area contributed by atoms with E-state index in [0.717, 1.165) is 16.6 Å². The summed E-state index contributed by atoms with van der Waals surface area (Å²) in [4.78, 5) is 32.9. The number of aliphatic hydroxyl groups is 2. The fourth-order valence-corrected chi connectivity index (χ4v) is 10.1. The van der Waals surface area contributed by atoms with E-state index in [4.69, 9.17) is 4.98 Å². The molecule has 2 aromatic rings. The van der Waals surface area contributed by atoms with Gasteiger partial charge in [-0.1, -0.05) is 51.1 Å². The number of hydrogen-bond donors (Lipinski definition) is 2. The summed E-state index contributed by atoms with van der Waals surface area (Å²) in [5.41, 5.74) is -3.60. The van der Waals surface area contributed by atoms with Crippen LogP contribution >= 0.6 is 0 Å². The van der Waals surface area contributed by atoms with Gasteiger partial charge in [-0.3, -0.25) is 19.5 Å². The SMILES string of the molecule is CC.C[C@]12C=CC(=O)C=C1[C@@H](F)C[C@H]1[C@@H]3C[C@H]4CN(Cc5ccc6ccccc6n5)C[C@@]4(C(=O)CO)[C@@]3(C)C[C@H](O)[C@@]12F. The summed E-state index contributed by atoms with van der Waals surface area (Å²) in [5, 5.41) is 23.0. The number of carbonyl (C=O) groups is 2. The topological polar surface area (TPSA) is 90.7 Å². The van der Waals surface area contributed by atoms with Crippen molar-refractivity contribution in [1.82, 2.24) is 9.88 Å². The molecule has 8 heteroatoms. The lowest BCUT2D eigenvalue weighted by Crippen LogP contribution is -2.69. The summed E-state index contributed by atoms with van der Waals surface area (Å²) in [6.07, 6.45) is 1.33. The van der Waals surface area contributed by atoms with E-state index in [0.29, 0.717) is 26.1 Å². The summed E-state index contributed by atoms with van der Waals surface area (Å²) in [7, 11) is 0. The van der Waals surface area contributed by atoms with Crippen LogP contribution in [0.5, 0.6) is 0 Å². The quantitative estimate of drug-likeness (QED) is 0.509. The van der Waals surface area contributed by atoms with Crippen LogP contribution in [0.2, 0.25) is 0 Å². The number of likely N-dealkylation sites (tertiary alicyclic amines) is 1. The molecule has 1 saturated heterocycles. The highest BCUT2D eigenvalue weighted by molar-refractivity contribution is 6.01. The predicted octanol–water partition coefficient (Wildman–Crippen LogP) is 5.17. The van der Waals surface area contributed by atoms with Gasteiger partial charge in [-0.15, -0.1) is 0 Å². The number of nitrogens with zero attached hydrogens (tertiary/aromatic N) is 2. The zero-order valence-corrected chi connectivity index (χ0v) is 25.4. The molecule has 0 unspecified atom stereocenters. The van der Waals surface area contributed by atoms with E-state index in [9.17, 15) is 19.8 Å². The monoisotopic (exact) mass is 592 g/mol. The van der Waals surface area contributed by atoms with E-state index in [1.54, 1.807) is 6.92 Å². The Bertz CT molecular complexity index is 1530. The molecule has 0 bridgehead atoms. The molecule has 4 fully saturated rings. The van der Waals surface area contributed by atoms with E-state index in [-0.39, 0.29) is 41.8 Å². The molecule has 1 aromatic carbocycles. The molecule has 4 aliphatic carbocycles. The highest BCUT2D eigenvalue weighted by Gasteiger charge is 2.78. The first-order valence-corrected chi connectivity index (χ1v) is 15.7. The minimum atomic E-state index is -2.18. The maximum Gasteiger partial charge on any atom is 0.178 e. The van der Waals surface area contributed by atoms with Crippen LogP contribution < -0.4 is 0 Å². The van der Waals surface area contributed by atoms with E-state index in [1.165, 1.54) is 18.2 Å². The number of aromatic nitrogens is 1. The largest absolute Gasteiger partial charge is 0.390 e. The number of carbonyl (C=O) groups excluding carboxylic acids is 2. The molecule has 43 heavy (non-hydrogen) atoms. The molecule has 0 radical (unpaired) electrons. The normalized spacial score (nSPS) is 41.4. The Balaban J connectivity index is 0.00000161. The van der Waals surface area contributed by atoms with Crippen LogP contribution in [0.1, 0.15) is 52.7 Å². The molecule has 1 aromatic heterocycles. The van der Waals surface area contributed by atoms with Crippen LogP contribution in [0.15, 0.2) is 60.2 Å². The lowest BCUT2D eigenvalue weighted by Gasteiger charge is -2.63. The van der Waals surface area contributed by atoms with Crippen molar-refractivity contribution in [3.63, 3.8) is 0 Å². The first kappa shape index (κ1) is 30.2. The molecular formula is C35H42F2N2O4. The molecule has 2 heterocycles. The van der Waals surface area contributed by atoms with Gasteiger partial charge in [0.1, 0.15) is 12.8 Å². The van der Waals surface area contributed by atoms with Crippen molar-refractivity contribution in [3.8, 4) is 0 Å². The second-order valence-corrected chi connectivity index (χ2v) is 13.5. The first-order valence-electron chi connectivity index (χ1n) is 15.7. The van der Waals surface area contributed by atoms with Gasteiger partial charge < -0.3 is 10.2 Å². The van der Waals surface area contributed by atoms with Gasteiger partial charge >= 0.3 is 0 Å². The Morgan fingerprint density at radius 2 is 1.86 bits per heavy atom. The van der Waals surface area contributed by atoms with E-state index >= 15 is 8.78 Å². The molecule has 7 rings (SSSR count).